The molecule has 0 heterocycles. The van der Waals surface area contributed by atoms with Gasteiger partial charge in [-0.2, -0.15) is 0 Å². The molecule has 4 heteroatoms. The average molecular weight is 252 g/mol. The Morgan fingerprint density at radius 2 is 1.94 bits per heavy atom. The van der Waals surface area contributed by atoms with Gasteiger partial charge in [-0.05, 0) is 35.5 Å². The van der Waals surface area contributed by atoms with Crippen LogP contribution in [0.4, 0.5) is 0 Å². The van der Waals surface area contributed by atoms with Gasteiger partial charge in [-0.15, -0.1) is 0 Å². The van der Waals surface area contributed by atoms with Crippen molar-refractivity contribution in [3.63, 3.8) is 0 Å². The molecule has 18 heavy (non-hydrogen) atoms. The normalized spacial score (nSPS) is 40.8. The van der Waals surface area contributed by atoms with Crippen LogP contribution in [0.3, 0.4) is 0 Å². The fourth-order valence-electron chi connectivity index (χ4n) is 3.93. The number of fused-ring (bicyclic) bond motifs is 1. The molecule has 0 spiro atoms. The quantitative estimate of drug-likeness (QED) is 0.794. The Bertz CT molecular complexity index is 391. The predicted molar refractivity (Wildman–Crippen MR) is 69.5 cm³/mol. The molecule has 3 unspecified atom stereocenters. The van der Waals surface area contributed by atoms with Gasteiger partial charge in [-0.3, -0.25) is 9.59 Å². The third kappa shape index (κ3) is 2.02. The third-order valence-corrected chi connectivity index (χ3v) is 5.35. The molecule has 2 saturated carbocycles. The molecule has 3 N–H and O–H groups in total. The minimum absolute atomic E-state index is 0.00574. The Morgan fingerprint density at radius 3 is 2.44 bits per heavy atom. The summed E-state index contributed by atoms with van der Waals surface area (Å²) >= 11 is 0. The van der Waals surface area contributed by atoms with Crippen molar-refractivity contribution < 1.29 is 9.59 Å². The van der Waals surface area contributed by atoms with E-state index in [1.807, 2.05) is 0 Å². The van der Waals surface area contributed by atoms with E-state index in [0.717, 1.165) is 12.8 Å². The van der Waals surface area contributed by atoms with E-state index < -0.39 is 5.91 Å². The predicted octanol–water partition coefficient (Wildman–Crippen LogP) is 1.30. The highest BCUT2D eigenvalue weighted by atomic mass is 16.2. The summed E-state index contributed by atoms with van der Waals surface area (Å²) in [7, 11) is 0. The molecule has 0 saturated heterocycles. The van der Waals surface area contributed by atoms with Crippen molar-refractivity contribution in [2.45, 2.75) is 40.5 Å². The lowest BCUT2D eigenvalue weighted by Crippen LogP contribution is -2.35. The van der Waals surface area contributed by atoms with Crippen molar-refractivity contribution in [3.05, 3.63) is 0 Å². The number of hydrogen-bond acceptors (Lipinski definition) is 2. The summed E-state index contributed by atoms with van der Waals surface area (Å²) in [6, 6.07) is 0. The molecule has 2 aliphatic carbocycles. The fourth-order valence-corrected chi connectivity index (χ4v) is 3.93. The Hall–Kier alpha value is -1.06. The Balaban J connectivity index is 2.02. The maximum absolute atomic E-state index is 12.1. The summed E-state index contributed by atoms with van der Waals surface area (Å²) in [6.45, 7) is 9.01. The monoisotopic (exact) mass is 252 g/mol. The SMILES string of the molecule is C[C@H]1CC2C(C(=O)NCC(N)=O)C2(C)CC1(C)C. The van der Waals surface area contributed by atoms with E-state index in [9.17, 15) is 9.59 Å². The summed E-state index contributed by atoms with van der Waals surface area (Å²) in [4.78, 5) is 22.8. The highest BCUT2D eigenvalue weighted by Gasteiger charge is 2.68. The van der Waals surface area contributed by atoms with Crippen LogP contribution in [-0.4, -0.2) is 18.4 Å². The molecule has 102 valence electrons. The second-order valence-electron chi connectivity index (χ2n) is 7.08. The summed E-state index contributed by atoms with van der Waals surface area (Å²) < 4.78 is 0. The van der Waals surface area contributed by atoms with Gasteiger partial charge in [-0.25, -0.2) is 0 Å². The summed E-state index contributed by atoms with van der Waals surface area (Å²) in [6.07, 6.45) is 2.19. The van der Waals surface area contributed by atoms with E-state index in [1.54, 1.807) is 0 Å². The van der Waals surface area contributed by atoms with Gasteiger partial charge in [0.05, 0.1) is 6.54 Å². The molecule has 0 radical (unpaired) electrons. The molecule has 0 bridgehead atoms. The molecule has 2 rings (SSSR count). The lowest BCUT2D eigenvalue weighted by atomic mass is 9.66. The molecule has 0 aliphatic heterocycles. The fraction of sp³-hybridized carbons (Fsp3) is 0.857. The van der Waals surface area contributed by atoms with Crippen molar-refractivity contribution in [2.24, 2.45) is 34.3 Å². The molecule has 2 fully saturated rings. The Kier molecular flexibility index (Phi) is 2.95. The van der Waals surface area contributed by atoms with E-state index in [4.69, 9.17) is 5.73 Å². The topological polar surface area (TPSA) is 72.2 Å². The van der Waals surface area contributed by atoms with Crippen LogP contribution in [0.5, 0.6) is 0 Å². The zero-order valence-corrected chi connectivity index (χ0v) is 11.7. The minimum Gasteiger partial charge on any atom is -0.368 e. The maximum atomic E-state index is 12.1. The van der Waals surface area contributed by atoms with Gasteiger partial charge in [0.15, 0.2) is 0 Å². The second-order valence-corrected chi connectivity index (χ2v) is 7.08. The first kappa shape index (κ1) is 13.4. The maximum Gasteiger partial charge on any atom is 0.236 e. The molecule has 4 atom stereocenters. The van der Waals surface area contributed by atoms with Gasteiger partial charge in [-0.1, -0.05) is 27.7 Å². The molecule has 0 aromatic carbocycles. The number of carbonyl (C=O) groups is 2. The van der Waals surface area contributed by atoms with E-state index in [-0.39, 0.29) is 23.8 Å². The number of rotatable bonds is 3. The van der Waals surface area contributed by atoms with Gasteiger partial charge in [0, 0.05) is 5.92 Å². The molecule has 2 aliphatic rings. The average Bonchev–Trinajstić information content (AvgIpc) is 2.78. The van der Waals surface area contributed by atoms with Crippen LogP contribution in [0, 0.1) is 28.6 Å². The largest absolute Gasteiger partial charge is 0.368 e. The number of hydrogen-bond donors (Lipinski definition) is 2. The van der Waals surface area contributed by atoms with E-state index in [2.05, 4.69) is 33.0 Å². The number of nitrogens with one attached hydrogen (secondary N) is 1. The van der Waals surface area contributed by atoms with Crippen molar-refractivity contribution in [1.82, 2.24) is 5.32 Å². The summed E-state index contributed by atoms with van der Waals surface area (Å²) in [5, 5.41) is 2.65. The van der Waals surface area contributed by atoms with Crippen LogP contribution >= 0.6 is 0 Å². The number of amides is 2. The first-order chi connectivity index (χ1) is 8.18. The standard InChI is InChI=1S/C14H24N2O2/c1-8-5-9-11(12(18)16-6-10(15)17)14(9,4)7-13(8,2)3/h8-9,11H,5-7H2,1-4H3,(H2,15,17)(H,16,18)/t8-,9?,11?,14?/m0/s1. The lowest BCUT2D eigenvalue weighted by Gasteiger charge is -2.39. The van der Waals surface area contributed by atoms with E-state index >= 15 is 0 Å². The van der Waals surface area contributed by atoms with Crippen molar-refractivity contribution in [1.29, 1.82) is 0 Å². The van der Waals surface area contributed by atoms with Gasteiger partial charge in [0.2, 0.25) is 11.8 Å². The van der Waals surface area contributed by atoms with Crippen molar-refractivity contribution in [3.8, 4) is 0 Å². The molecule has 4 nitrogen and oxygen atoms in total. The molecular weight excluding hydrogens is 228 g/mol. The zero-order valence-electron chi connectivity index (χ0n) is 11.7. The Labute approximate surface area is 109 Å². The van der Waals surface area contributed by atoms with Gasteiger partial charge < -0.3 is 11.1 Å². The summed E-state index contributed by atoms with van der Waals surface area (Å²) in [5.74, 6) is 0.719. The van der Waals surface area contributed by atoms with E-state index in [0.29, 0.717) is 17.3 Å². The molecule has 0 aromatic rings. The first-order valence-corrected chi connectivity index (χ1v) is 6.74. The highest BCUT2D eigenvalue weighted by Crippen LogP contribution is 2.70. The van der Waals surface area contributed by atoms with Crippen LogP contribution in [-0.2, 0) is 9.59 Å². The number of nitrogens with two attached hydrogens (primary N) is 1. The molecule has 2 amide bonds. The minimum atomic E-state index is -0.481. The van der Waals surface area contributed by atoms with Gasteiger partial charge in [0.1, 0.15) is 0 Å². The van der Waals surface area contributed by atoms with Gasteiger partial charge >= 0.3 is 0 Å². The second kappa shape index (κ2) is 3.97. The third-order valence-electron chi connectivity index (χ3n) is 5.35. The van der Waals surface area contributed by atoms with Crippen LogP contribution in [0.25, 0.3) is 0 Å². The summed E-state index contributed by atoms with van der Waals surface area (Å²) in [5.41, 5.74) is 5.47. The van der Waals surface area contributed by atoms with E-state index in [1.165, 1.54) is 0 Å². The van der Waals surface area contributed by atoms with Crippen molar-refractivity contribution in [2.75, 3.05) is 6.54 Å². The Morgan fingerprint density at radius 1 is 1.33 bits per heavy atom. The molecular formula is C14H24N2O2. The van der Waals surface area contributed by atoms with Crippen LogP contribution in [0.2, 0.25) is 0 Å². The smallest absolute Gasteiger partial charge is 0.236 e. The first-order valence-electron chi connectivity index (χ1n) is 6.74. The zero-order chi connectivity index (χ0) is 13.7. The number of carbonyl (C=O) groups excluding carboxylic acids is 2. The van der Waals surface area contributed by atoms with Crippen LogP contribution in [0.1, 0.15) is 40.5 Å². The molecule has 0 aromatic heterocycles. The number of primary amides is 1. The van der Waals surface area contributed by atoms with Crippen molar-refractivity contribution >= 4 is 11.8 Å². The van der Waals surface area contributed by atoms with Crippen LogP contribution < -0.4 is 11.1 Å². The van der Waals surface area contributed by atoms with Crippen LogP contribution in [0.15, 0.2) is 0 Å². The highest BCUT2D eigenvalue weighted by molar-refractivity contribution is 5.87. The van der Waals surface area contributed by atoms with Gasteiger partial charge in [0.25, 0.3) is 0 Å². The lowest BCUT2D eigenvalue weighted by molar-refractivity contribution is -0.126.